The number of hydrogen-bond donors (Lipinski definition) is 0. The Bertz CT molecular complexity index is 1470. The highest BCUT2D eigenvalue weighted by Gasteiger charge is 2.13. The predicted molar refractivity (Wildman–Crippen MR) is 147 cm³/mol. The molecule has 0 atom stereocenters. The van der Waals surface area contributed by atoms with Crippen LogP contribution < -0.4 is 15.0 Å². The summed E-state index contributed by atoms with van der Waals surface area (Å²) in [5.41, 5.74) is 2.02. The van der Waals surface area contributed by atoms with Gasteiger partial charge in [-0.3, -0.25) is 4.79 Å². The monoisotopic (exact) mass is 617 g/mol. The predicted octanol–water partition coefficient (Wildman–Crippen LogP) is 7.00. The number of hydrogen-bond acceptors (Lipinski definition) is 5. The molecule has 0 saturated carbocycles. The number of aromatic nitrogens is 2. The van der Waals surface area contributed by atoms with Crippen LogP contribution in [0.25, 0.3) is 10.9 Å². The fraction of sp³-hybridized carbons (Fsp3) is 0.192. The molecule has 6 nitrogen and oxygen atoms in total. The Morgan fingerprint density at radius 3 is 2.66 bits per heavy atom. The van der Waals surface area contributed by atoms with Crippen molar-refractivity contribution in [3.63, 3.8) is 0 Å². The van der Waals surface area contributed by atoms with E-state index in [2.05, 4.69) is 41.9 Å². The molecule has 180 valence electrons. The van der Waals surface area contributed by atoms with Crippen molar-refractivity contribution < 1.29 is 9.47 Å². The molecule has 0 fully saturated rings. The summed E-state index contributed by atoms with van der Waals surface area (Å²) in [7, 11) is 1.57. The molecule has 0 unspecified atom stereocenters. The van der Waals surface area contributed by atoms with Crippen LogP contribution in [0.5, 0.6) is 11.5 Å². The summed E-state index contributed by atoms with van der Waals surface area (Å²) in [5, 5.41) is 5.64. The van der Waals surface area contributed by atoms with Crippen molar-refractivity contribution >= 4 is 60.6 Å². The SMILES string of the molecule is CCCc1nc2ccc(Br)cc2c(=O)n1N=Cc1cc(OC)c(OCc2ccccc2Cl)cc1Br. The number of rotatable bonds is 8. The Labute approximate surface area is 224 Å². The van der Waals surface area contributed by atoms with Gasteiger partial charge in [-0.05, 0) is 58.7 Å². The summed E-state index contributed by atoms with van der Waals surface area (Å²) < 4.78 is 14.4. The van der Waals surface area contributed by atoms with Crippen LogP contribution in [0.2, 0.25) is 5.02 Å². The van der Waals surface area contributed by atoms with Crippen LogP contribution in [0.1, 0.15) is 30.3 Å². The van der Waals surface area contributed by atoms with Crippen LogP contribution in [0, 0.1) is 0 Å². The molecule has 0 aliphatic rings. The zero-order valence-electron chi connectivity index (χ0n) is 19.1. The number of aryl methyl sites for hydroxylation is 1. The lowest BCUT2D eigenvalue weighted by atomic mass is 10.2. The van der Waals surface area contributed by atoms with E-state index in [9.17, 15) is 4.79 Å². The molecule has 9 heteroatoms. The molecule has 0 radical (unpaired) electrons. The van der Waals surface area contributed by atoms with Crippen LogP contribution in [0.3, 0.4) is 0 Å². The molecule has 1 aromatic heterocycles. The van der Waals surface area contributed by atoms with Gasteiger partial charge in [0.2, 0.25) is 0 Å². The van der Waals surface area contributed by atoms with Crippen LogP contribution in [-0.4, -0.2) is 23.0 Å². The van der Waals surface area contributed by atoms with Gasteiger partial charge >= 0.3 is 0 Å². The molecule has 0 spiro atoms. The molecule has 0 aliphatic heterocycles. The van der Waals surface area contributed by atoms with E-state index in [1.54, 1.807) is 25.5 Å². The highest BCUT2D eigenvalue weighted by atomic mass is 79.9. The number of halogens is 3. The fourth-order valence-electron chi connectivity index (χ4n) is 3.51. The second kappa shape index (κ2) is 11.4. The molecule has 0 amide bonds. The third kappa shape index (κ3) is 5.77. The van der Waals surface area contributed by atoms with Gasteiger partial charge in [0.25, 0.3) is 5.56 Å². The van der Waals surface area contributed by atoms with E-state index < -0.39 is 0 Å². The second-order valence-corrected chi connectivity index (χ2v) is 9.88. The number of benzene rings is 3. The summed E-state index contributed by atoms with van der Waals surface area (Å²) in [5.74, 6) is 1.69. The average Bonchev–Trinajstić information content (AvgIpc) is 2.85. The molecular formula is C26H22Br2ClN3O3. The molecule has 4 aromatic rings. The third-order valence-electron chi connectivity index (χ3n) is 5.29. The van der Waals surface area contributed by atoms with Crippen molar-refractivity contribution in [2.75, 3.05) is 7.11 Å². The van der Waals surface area contributed by atoms with Gasteiger partial charge in [0.15, 0.2) is 11.5 Å². The first-order valence-electron chi connectivity index (χ1n) is 10.9. The quantitative estimate of drug-likeness (QED) is 0.199. The highest BCUT2D eigenvalue weighted by Crippen LogP contribution is 2.34. The maximum Gasteiger partial charge on any atom is 0.282 e. The van der Waals surface area contributed by atoms with Crippen LogP contribution in [-0.2, 0) is 13.0 Å². The average molecular weight is 620 g/mol. The van der Waals surface area contributed by atoms with Gasteiger partial charge in [0.05, 0.1) is 24.2 Å². The maximum absolute atomic E-state index is 13.2. The van der Waals surface area contributed by atoms with Crippen LogP contribution in [0.15, 0.2) is 73.4 Å². The van der Waals surface area contributed by atoms with Gasteiger partial charge in [0.1, 0.15) is 12.4 Å². The summed E-state index contributed by atoms with van der Waals surface area (Å²) >= 11 is 13.2. The fourth-order valence-corrected chi connectivity index (χ4v) is 4.49. The number of fused-ring (bicyclic) bond motifs is 1. The zero-order valence-corrected chi connectivity index (χ0v) is 23.0. The lowest BCUT2D eigenvalue weighted by molar-refractivity contribution is 0.284. The van der Waals surface area contributed by atoms with E-state index in [1.807, 2.05) is 49.4 Å². The van der Waals surface area contributed by atoms with E-state index in [1.165, 1.54) is 4.68 Å². The lowest BCUT2D eigenvalue weighted by Crippen LogP contribution is -2.22. The van der Waals surface area contributed by atoms with Crippen molar-refractivity contribution in [2.45, 2.75) is 26.4 Å². The minimum absolute atomic E-state index is 0.223. The van der Waals surface area contributed by atoms with E-state index in [4.69, 9.17) is 21.1 Å². The molecule has 4 rings (SSSR count). The molecule has 0 N–H and O–H groups in total. The van der Waals surface area contributed by atoms with Crippen LogP contribution in [0.4, 0.5) is 0 Å². The highest BCUT2D eigenvalue weighted by molar-refractivity contribution is 9.10. The largest absolute Gasteiger partial charge is 0.493 e. The first-order valence-corrected chi connectivity index (χ1v) is 12.9. The first kappa shape index (κ1) is 25.4. The first-order chi connectivity index (χ1) is 16.9. The molecule has 0 bridgehead atoms. The van der Waals surface area contributed by atoms with Crippen molar-refractivity contribution in [3.05, 3.63) is 95.9 Å². The number of methoxy groups -OCH3 is 1. The molecule has 0 aliphatic carbocycles. The van der Waals surface area contributed by atoms with Gasteiger partial charge in [0, 0.05) is 31.5 Å². The molecule has 1 heterocycles. The third-order valence-corrected chi connectivity index (χ3v) is 6.83. The van der Waals surface area contributed by atoms with Crippen LogP contribution >= 0.6 is 43.5 Å². The van der Waals surface area contributed by atoms with Gasteiger partial charge < -0.3 is 9.47 Å². The van der Waals surface area contributed by atoms with E-state index >= 15 is 0 Å². The Kier molecular flexibility index (Phi) is 8.26. The van der Waals surface area contributed by atoms with Gasteiger partial charge in [-0.2, -0.15) is 9.78 Å². The molecule has 35 heavy (non-hydrogen) atoms. The van der Waals surface area contributed by atoms with Crippen molar-refractivity contribution in [3.8, 4) is 11.5 Å². The molecule has 0 saturated heterocycles. The standard InChI is InChI=1S/C26H22Br2ClN3O3/c1-3-6-25-31-22-10-9-18(27)12-19(22)26(33)32(25)30-14-17-11-23(34-2)24(13-20(17)28)35-15-16-7-4-5-8-21(16)29/h4-5,7-14H,3,6,15H2,1-2H3. The van der Waals surface area contributed by atoms with E-state index in [0.717, 1.165) is 26.5 Å². The smallest absolute Gasteiger partial charge is 0.282 e. The summed E-state index contributed by atoms with van der Waals surface area (Å²) in [6.07, 6.45) is 3.06. The second-order valence-electron chi connectivity index (χ2n) is 7.71. The minimum Gasteiger partial charge on any atom is -0.493 e. The number of nitrogens with zero attached hydrogens (tertiary/aromatic N) is 3. The van der Waals surface area contributed by atoms with Crippen molar-refractivity contribution in [1.82, 2.24) is 9.66 Å². The molecule has 3 aromatic carbocycles. The number of ether oxygens (including phenoxy) is 2. The maximum atomic E-state index is 13.2. The Hall–Kier alpha value is -2.68. The Balaban J connectivity index is 1.68. The topological polar surface area (TPSA) is 65.7 Å². The molecular weight excluding hydrogens is 598 g/mol. The zero-order chi connectivity index (χ0) is 24.9. The van der Waals surface area contributed by atoms with E-state index in [0.29, 0.717) is 46.3 Å². The summed E-state index contributed by atoms with van der Waals surface area (Å²) in [4.78, 5) is 17.9. The van der Waals surface area contributed by atoms with Gasteiger partial charge in [-0.1, -0.05) is 52.7 Å². The summed E-state index contributed by atoms with van der Waals surface area (Å²) in [6.45, 7) is 2.33. The normalized spacial score (nSPS) is 11.3. The van der Waals surface area contributed by atoms with Crippen molar-refractivity contribution in [2.24, 2.45) is 5.10 Å². The summed E-state index contributed by atoms with van der Waals surface area (Å²) in [6, 6.07) is 16.6. The van der Waals surface area contributed by atoms with Gasteiger partial charge in [-0.15, -0.1) is 0 Å². The Morgan fingerprint density at radius 2 is 1.91 bits per heavy atom. The van der Waals surface area contributed by atoms with Gasteiger partial charge in [-0.25, -0.2) is 4.98 Å². The Morgan fingerprint density at radius 1 is 1.11 bits per heavy atom. The minimum atomic E-state index is -0.223. The lowest BCUT2D eigenvalue weighted by Gasteiger charge is -2.13. The van der Waals surface area contributed by atoms with Crippen molar-refractivity contribution in [1.29, 1.82) is 0 Å². The van der Waals surface area contributed by atoms with E-state index in [-0.39, 0.29) is 5.56 Å².